The molecule has 0 saturated carbocycles. The Morgan fingerprint density at radius 2 is 1.45 bits per heavy atom. The van der Waals surface area contributed by atoms with E-state index in [4.69, 9.17) is 14.2 Å². The van der Waals surface area contributed by atoms with Crippen LogP contribution in [0, 0.1) is 0 Å². The second kappa shape index (κ2) is 20.1. The Hall–Kier alpha value is -6.48. The standard InChI is InChI=1S/C45H50N8O11S/c54-37-16-15-35(42(56)48-37)53-43(57)33-13-6-14-34(39(33)44(53)58)46-17-19-62-21-23-64-24-22-63-20-18-47-41(55)36-26-38(50-52(36)27-28-7-2-1-3-8-28)65(60,61)51-45(59)49-40-31-11-4-9-29(31)25-30-10-5-12-32(30)40/h1-3,6-8,13-14,25-26,35,46H,4-5,9-12,15-24,27H2,(H,47,55)(H,48,54,56)(H2,49,51,59). The number of hydrogen-bond acceptors (Lipinski definition) is 13. The minimum atomic E-state index is -4.47. The number of carbonyl (C=O) groups excluding carboxylic acids is 6. The minimum absolute atomic E-state index is 0.0143. The predicted octanol–water partition coefficient (Wildman–Crippen LogP) is 2.71. The third-order valence-corrected chi connectivity index (χ3v) is 12.9. The molecule has 342 valence electrons. The Morgan fingerprint density at radius 3 is 2.14 bits per heavy atom. The molecule has 1 saturated heterocycles. The molecular weight excluding hydrogens is 861 g/mol. The third kappa shape index (κ3) is 10.3. The molecule has 65 heavy (non-hydrogen) atoms. The number of carbonyl (C=O) groups is 6. The molecule has 8 rings (SSSR count). The number of nitrogens with one attached hydrogen (secondary N) is 5. The lowest BCUT2D eigenvalue weighted by Gasteiger charge is -2.27. The third-order valence-electron chi connectivity index (χ3n) is 11.7. The van der Waals surface area contributed by atoms with Gasteiger partial charge in [0.2, 0.25) is 11.8 Å². The quantitative estimate of drug-likeness (QED) is 0.0634. The van der Waals surface area contributed by atoms with Crippen LogP contribution in [0.4, 0.5) is 16.2 Å². The fraction of sp³-hybridized carbons (Fsp3) is 0.400. The predicted molar refractivity (Wildman–Crippen MR) is 234 cm³/mol. The van der Waals surface area contributed by atoms with Crippen molar-refractivity contribution in [3.63, 3.8) is 0 Å². The number of fused-ring (bicyclic) bond motifs is 3. The van der Waals surface area contributed by atoms with Crippen LogP contribution in [0.25, 0.3) is 0 Å². The average Bonchev–Trinajstić information content (AvgIpc) is 4.10. The average molecular weight is 911 g/mol. The number of ether oxygens (including phenoxy) is 3. The first kappa shape index (κ1) is 45.1. The van der Waals surface area contributed by atoms with Gasteiger partial charge in [-0.05, 0) is 84.9 Å². The van der Waals surface area contributed by atoms with Gasteiger partial charge < -0.3 is 30.2 Å². The molecule has 2 aliphatic carbocycles. The summed E-state index contributed by atoms with van der Waals surface area (Å²) in [6, 6.07) is 15.4. The summed E-state index contributed by atoms with van der Waals surface area (Å²) in [5, 5.41) is 14.7. The summed E-state index contributed by atoms with van der Waals surface area (Å²) in [4.78, 5) is 77.8. The molecule has 0 spiro atoms. The summed E-state index contributed by atoms with van der Waals surface area (Å²) in [5.74, 6) is -2.87. The van der Waals surface area contributed by atoms with E-state index in [9.17, 15) is 37.2 Å². The van der Waals surface area contributed by atoms with E-state index in [1.807, 2.05) is 30.3 Å². The van der Waals surface area contributed by atoms with Gasteiger partial charge in [0, 0.05) is 37.0 Å². The van der Waals surface area contributed by atoms with Crippen molar-refractivity contribution >= 4 is 57.0 Å². The van der Waals surface area contributed by atoms with Crippen LogP contribution in [0.1, 0.15) is 84.7 Å². The zero-order valence-electron chi connectivity index (χ0n) is 35.6. The molecule has 0 radical (unpaired) electrons. The summed E-state index contributed by atoms with van der Waals surface area (Å²) in [6.45, 7) is 1.98. The maximum Gasteiger partial charge on any atom is 0.333 e. The molecule has 1 atom stereocenters. The van der Waals surface area contributed by atoms with Crippen molar-refractivity contribution in [2.45, 2.75) is 69.0 Å². The lowest BCUT2D eigenvalue weighted by Crippen LogP contribution is -2.54. The van der Waals surface area contributed by atoms with Crippen molar-refractivity contribution < 1.29 is 51.4 Å². The van der Waals surface area contributed by atoms with Crippen LogP contribution in [-0.2, 0) is 66.1 Å². The number of rotatable bonds is 20. The SMILES string of the molecule is O=C1CCC(N2C(=O)c3cccc(NCCOCCOCCOCCNC(=O)c4cc(S(=O)(=O)NC(=O)Nc5c6c(cc7c5CCC7)CCC6)nn4Cc4ccccc4)c3C2=O)C(=O)N1. The van der Waals surface area contributed by atoms with E-state index >= 15 is 0 Å². The molecule has 1 aromatic heterocycles. The minimum Gasteiger partial charge on any atom is -0.382 e. The van der Waals surface area contributed by atoms with Gasteiger partial charge in [-0.25, -0.2) is 9.52 Å². The first-order chi connectivity index (χ1) is 31.5. The molecule has 19 nitrogen and oxygen atoms in total. The summed E-state index contributed by atoms with van der Waals surface area (Å²) in [6.07, 6.45) is 5.55. The molecule has 1 unspecified atom stereocenters. The number of nitrogens with zero attached hydrogens (tertiary/aromatic N) is 3. The van der Waals surface area contributed by atoms with Crippen LogP contribution in [0.2, 0.25) is 0 Å². The largest absolute Gasteiger partial charge is 0.382 e. The fourth-order valence-corrected chi connectivity index (χ4v) is 9.53. The van der Waals surface area contributed by atoms with Gasteiger partial charge >= 0.3 is 6.03 Å². The van der Waals surface area contributed by atoms with Crippen LogP contribution in [0.5, 0.6) is 0 Å². The number of hydrogen-bond donors (Lipinski definition) is 5. The number of aryl methyl sites for hydroxylation is 2. The maximum absolute atomic E-state index is 13.5. The lowest BCUT2D eigenvalue weighted by molar-refractivity contribution is -0.136. The molecular formula is C45H50N8O11S. The highest BCUT2D eigenvalue weighted by molar-refractivity contribution is 7.90. The van der Waals surface area contributed by atoms with Gasteiger partial charge in [0.25, 0.3) is 27.7 Å². The van der Waals surface area contributed by atoms with Crippen molar-refractivity contribution in [2.75, 3.05) is 63.4 Å². The second-order valence-electron chi connectivity index (χ2n) is 16.0. The molecule has 7 amide bonds. The number of anilines is 2. The highest BCUT2D eigenvalue weighted by Gasteiger charge is 2.45. The van der Waals surface area contributed by atoms with Crippen molar-refractivity contribution in [2.24, 2.45) is 0 Å². The number of amides is 7. The van der Waals surface area contributed by atoms with Gasteiger partial charge in [0.15, 0.2) is 5.03 Å². The van der Waals surface area contributed by atoms with Gasteiger partial charge in [-0.15, -0.1) is 0 Å². The van der Waals surface area contributed by atoms with E-state index in [-0.39, 0.29) is 82.4 Å². The number of aromatic nitrogens is 2. The highest BCUT2D eigenvalue weighted by Crippen LogP contribution is 2.39. The van der Waals surface area contributed by atoms with Crippen molar-refractivity contribution in [3.8, 4) is 0 Å². The first-order valence-electron chi connectivity index (χ1n) is 21.7. The molecule has 0 bridgehead atoms. The lowest BCUT2D eigenvalue weighted by atomic mass is 9.99. The van der Waals surface area contributed by atoms with Crippen LogP contribution >= 0.6 is 0 Å². The summed E-state index contributed by atoms with van der Waals surface area (Å²) < 4.78 is 47.2. The molecule has 20 heteroatoms. The van der Waals surface area contributed by atoms with Gasteiger partial charge in [0.1, 0.15) is 11.7 Å². The van der Waals surface area contributed by atoms with Crippen molar-refractivity contribution in [1.29, 1.82) is 0 Å². The molecule has 2 aliphatic heterocycles. The Morgan fingerprint density at radius 1 is 0.769 bits per heavy atom. The Labute approximate surface area is 375 Å². The van der Waals surface area contributed by atoms with E-state index < -0.39 is 56.7 Å². The van der Waals surface area contributed by atoms with Crippen LogP contribution < -0.4 is 26.0 Å². The van der Waals surface area contributed by atoms with Crippen LogP contribution in [0.3, 0.4) is 0 Å². The number of piperidine rings is 1. The molecule has 3 aromatic carbocycles. The van der Waals surface area contributed by atoms with Gasteiger partial charge in [0.05, 0.1) is 57.3 Å². The van der Waals surface area contributed by atoms with Crippen molar-refractivity contribution in [1.82, 2.24) is 30.0 Å². The molecule has 3 heterocycles. The molecule has 4 aliphatic rings. The molecule has 4 aromatic rings. The zero-order valence-corrected chi connectivity index (χ0v) is 36.4. The smallest absolute Gasteiger partial charge is 0.333 e. The maximum atomic E-state index is 13.5. The number of urea groups is 1. The Kier molecular flexibility index (Phi) is 14.0. The molecule has 5 N–H and O–H groups in total. The van der Waals surface area contributed by atoms with Crippen molar-refractivity contribution in [3.05, 3.63) is 105 Å². The van der Waals surface area contributed by atoms with Gasteiger partial charge in [-0.2, -0.15) is 13.5 Å². The van der Waals surface area contributed by atoms with Crippen LogP contribution in [0.15, 0.2) is 65.7 Å². The monoisotopic (exact) mass is 910 g/mol. The number of benzene rings is 3. The Balaban J connectivity index is 0.747. The first-order valence-corrected chi connectivity index (χ1v) is 23.2. The molecule has 1 fully saturated rings. The zero-order chi connectivity index (χ0) is 45.5. The summed E-state index contributed by atoms with van der Waals surface area (Å²) in [7, 11) is -4.47. The number of imide groups is 2. The van der Waals surface area contributed by atoms with E-state index in [2.05, 4.69) is 37.2 Å². The Bertz CT molecular complexity index is 2580. The van der Waals surface area contributed by atoms with E-state index in [0.29, 0.717) is 17.9 Å². The fourth-order valence-electron chi connectivity index (χ4n) is 8.65. The van der Waals surface area contributed by atoms with Gasteiger partial charge in [-0.3, -0.25) is 38.9 Å². The summed E-state index contributed by atoms with van der Waals surface area (Å²) in [5.41, 5.74) is 6.77. The topological polar surface area (TPSA) is 245 Å². The number of sulfonamides is 1. The normalized spacial score (nSPS) is 16.6. The van der Waals surface area contributed by atoms with E-state index in [1.54, 1.807) is 12.1 Å². The highest BCUT2D eigenvalue weighted by atomic mass is 32.2. The van der Waals surface area contributed by atoms with Gasteiger partial charge in [-0.1, -0.05) is 42.5 Å². The summed E-state index contributed by atoms with van der Waals surface area (Å²) >= 11 is 0. The second-order valence-corrected chi connectivity index (χ2v) is 17.6. The van der Waals surface area contributed by atoms with E-state index in [1.165, 1.54) is 21.9 Å². The van der Waals surface area contributed by atoms with Crippen LogP contribution in [-0.4, -0.2) is 117 Å². The van der Waals surface area contributed by atoms with E-state index in [0.717, 1.165) is 66.2 Å².